The molecule has 6 nitrogen and oxygen atoms in total. The summed E-state index contributed by atoms with van der Waals surface area (Å²) in [6.07, 6.45) is 0.739. The Hall–Kier alpha value is -2.67. The van der Waals surface area contributed by atoms with Crippen LogP contribution in [0.15, 0.2) is 24.3 Å². The van der Waals surface area contributed by atoms with Crippen LogP contribution in [0.1, 0.15) is 32.8 Å². The van der Waals surface area contributed by atoms with E-state index in [1.807, 2.05) is 31.2 Å². The number of benzene rings is 1. The average Bonchev–Trinajstić information content (AvgIpc) is 3.05. The number of aromatic nitrogens is 2. The van der Waals surface area contributed by atoms with Crippen LogP contribution in [0, 0.1) is 6.92 Å². The number of carbonyl (C=O) groups is 2. The highest BCUT2D eigenvalue weighted by molar-refractivity contribution is 7.19. The molecule has 0 fully saturated rings. The van der Waals surface area contributed by atoms with Crippen molar-refractivity contribution in [3.8, 4) is 17.0 Å². The predicted molar refractivity (Wildman–Crippen MR) is 88.3 cm³/mol. The Morgan fingerprint density at radius 1 is 1.43 bits per heavy atom. The molecule has 3 rings (SSSR count). The van der Waals surface area contributed by atoms with Crippen molar-refractivity contribution >= 4 is 28.5 Å². The van der Waals surface area contributed by atoms with E-state index in [4.69, 9.17) is 10.5 Å². The van der Waals surface area contributed by atoms with Gasteiger partial charge in [0.2, 0.25) is 0 Å². The van der Waals surface area contributed by atoms with Crippen LogP contribution in [0.5, 0.6) is 5.75 Å². The van der Waals surface area contributed by atoms with Crippen molar-refractivity contribution in [2.24, 2.45) is 5.73 Å². The van der Waals surface area contributed by atoms with Crippen LogP contribution in [0.25, 0.3) is 16.2 Å². The van der Waals surface area contributed by atoms with E-state index in [9.17, 15) is 9.59 Å². The van der Waals surface area contributed by atoms with Gasteiger partial charge in [0.1, 0.15) is 22.0 Å². The van der Waals surface area contributed by atoms with Crippen LogP contribution in [0.4, 0.5) is 0 Å². The molecule has 0 aliphatic heterocycles. The molecule has 0 unspecified atom stereocenters. The Morgan fingerprint density at radius 2 is 2.17 bits per heavy atom. The van der Waals surface area contributed by atoms with E-state index in [0.29, 0.717) is 39.3 Å². The molecule has 2 aromatic heterocycles. The standard InChI is InChI=1S/C16H15N3O3S/c1-3-22-12-7-5-4-6-10(12)13-11(8-20)19-9(2)14(15(17)21)23-16(19)18-13/h4-8H,3H2,1-2H3,(H2,17,21). The third-order valence-electron chi connectivity index (χ3n) is 3.52. The number of thiazole rings is 1. The number of rotatable bonds is 5. The van der Waals surface area contributed by atoms with Crippen LogP contribution >= 0.6 is 11.3 Å². The fraction of sp³-hybridized carbons (Fsp3) is 0.188. The Labute approximate surface area is 136 Å². The predicted octanol–water partition coefficient (Wildman–Crippen LogP) is 2.68. The summed E-state index contributed by atoms with van der Waals surface area (Å²) in [5, 5.41) is 0. The maximum atomic E-state index is 11.7. The number of hydrogen-bond acceptors (Lipinski definition) is 5. The molecular formula is C16H15N3O3S. The molecule has 1 amide bonds. The Bertz CT molecular complexity index is 911. The van der Waals surface area contributed by atoms with Gasteiger partial charge >= 0.3 is 0 Å². The molecule has 0 bridgehead atoms. The van der Waals surface area contributed by atoms with Gasteiger partial charge in [-0.05, 0) is 26.0 Å². The number of para-hydroxylation sites is 1. The maximum absolute atomic E-state index is 11.7. The highest BCUT2D eigenvalue weighted by atomic mass is 32.1. The molecule has 0 saturated heterocycles. The Morgan fingerprint density at radius 3 is 2.83 bits per heavy atom. The molecular weight excluding hydrogens is 314 g/mol. The summed E-state index contributed by atoms with van der Waals surface area (Å²) in [5.74, 6) is 0.141. The zero-order valence-corrected chi connectivity index (χ0v) is 13.5. The number of carbonyl (C=O) groups excluding carboxylic acids is 2. The molecule has 3 aromatic rings. The largest absolute Gasteiger partial charge is 0.493 e. The zero-order valence-electron chi connectivity index (χ0n) is 12.7. The van der Waals surface area contributed by atoms with Crippen molar-refractivity contribution in [2.45, 2.75) is 13.8 Å². The summed E-state index contributed by atoms with van der Waals surface area (Å²) >= 11 is 1.17. The summed E-state index contributed by atoms with van der Waals surface area (Å²) in [5.41, 5.74) is 7.64. The molecule has 118 valence electrons. The lowest BCUT2D eigenvalue weighted by Gasteiger charge is -2.08. The lowest BCUT2D eigenvalue weighted by atomic mass is 10.1. The number of nitrogens with zero attached hydrogens (tertiary/aromatic N) is 2. The van der Waals surface area contributed by atoms with Crippen LogP contribution in [0.3, 0.4) is 0 Å². The molecule has 7 heteroatoms. The van der Waals surface area contributed by atoms with Crippen molar-refractivity contribution in [3.63, 3.8) is 0 Å². The third-order valence-corrected chi connectivity index (χ3v) is 4.67. The van der Waals surface area contributed by atoms with E-state index >= 15 is 0 Å². The number of aldehydes is 1. The molecule has 0 atom stereocenters. The van der Waals surface area contributed by atoms with E-state index in [-0.39, 0.29) is 0 Å². The molecule has 0 radical (unpaired) electrons. The number of fused-ring (bicyclic) bond motifs is 1. The highest BCUT2D eigenvalue weighted by Gasteiger charge is 2.22. The number of nitrogens with two attached hydrogens (primary N) is 1. The minimum atomic E-state index is -0.522. The lowest BCUT2D eigenvalue weighted by molar-refractivity contribution is 0.100. The van der Waals surface area contributed by atoms with Gasteiger partial charge in [0.15, 0.2) is 11.2 Å². The van der Waals surface area contributed by atoms with Crippen molar-refractivity contribution < 1.29 is 14.3 Å². The second kappa shape index (κ2) is 5.85. The smallest absolute Gasteiger partial charge is 0.260 e. The zero-order chi connectivity index (χ0) is 16.6. The quantitative estimate of drug-likeness (QED) is 0.729. The van der Waals surface area contributed by atoms with Gasteiger partial charge in [-0.3, -0.25) is 14.0 Å². The first kappa shape index (κ1) is 15.2. The van der Waals surface area contributed by atoms with E-state index < -0.39 is 5.91 Å². The molecule has 0 aliphatic carbocycles. The average molecular weight is 329 g/mol. The van der Waals surface area contributed by atoms with Gasteiger partial charge in [-0.25, -0.2) is 4.98 Å². The van der Waals surface area contributed by atoms with Gasteiger partial charge in [-0.2, -0.15) is 0 Å². The summed E-state index contributed by atoms with van der Waals surface area (Å²) in [6, 6.07) is 7.42. The topological polar surface area (TPSA) is 86.7 Å². The molecule has 1 aromatic carbocycles. The SMILES string of the molecule is CCOc1ccccc1-c1nc2sc(C(N)=O)c(C)n2c1C=O. The second-order valence-electron chi connectivity index (χ2n) is 4.89. The number of amides is 1. The van der Waals surface area contributed by atoms with E-state index in [2.05, 4.69) is 4.98 Å². The minimum Gasteiger partial charge on any atom is -0.493 e. The van der Waals surface area contributed by atoms with Crippen molar-refractivity contribution in [3.05, 3.63) is 40.5 Å². The summed E-state index contributed by atoms with van der Waals surface area (Å²) in [6.45, 7) is 4.16. The monoisotopic (exact) mass is 329 g/mol. The van der Waals surface area contributed by atoms with Crippen molar-refractivity contribution in [1.82, 2.24) is 9.38 Å². The number of aryl methyl sites for hydroxylation is 1. The van der Waals surface area contributed by atoms with Gasteiger partial charge in [0, 0.05) is 11.3 Å². The third kappa shape index (κ3) is 2.39. The maximum Gasteiger partial charge on any atom is 0.260 e. The van der Waals surface area contributed by atoms with Crippen LogP contribution in [-0.2, 0) is 0 Å². The summed E-state index contributed by atoms with van der Waals surface area (Å²) < 4.78 is 7.28. The van der Waals surface area contributed by atoms with Crippen LogP contribution in [-0.4, -0.2) is 28.2 Å². The van der Waals surface area contributed by atoms with Crippen LogP contribution in [0.2, 0.25) is 0 Å². The van der Waals surface area contributed by atoms with Crippen LogP contribution < -0.4 is 10.5 Å². The molecule has 0 saturated carbocycles. The molecule has 0 aliphatic rings. The number of ether oxygens (including phenoxy) is 1. The van der Waals surface area contributed by atoms with E-state index in [1.165, 1.54) is 11.3 Å². The van der Waals surface area contributed by atoms with Gasteiger partial charge in [0.05, 0.1) is 6.61 Å². The first-order valence-electron chi connectivity index (χ1n) is 7.07. The summed E-state index contributed by atoms with van der Waals surface area (Å²) in [4.78, 5) is 28.6. The Balaban J connectivity index is 2.28. The van der Waals surface area contributed by atoms with Gasteiger partial charge in [0.25, 0.3) is 5.91 Å². The van der Waals surface area contributed by atoms with Gasteiger partial charge in [-0.15, -0.1) is 0 Å². The molecule has 2 heterocycles. The van der Waals surface area contributed by atoms with E-state index in [0.717, 1.165) is 11.8 Å². The van der Waals surface area contributed by atoms with Crippen molar-refractivity contribution in [1.29, 1.82) is 0 Å². The molecule has 2 N–H and O–H groups in total. The number of imidazole rings is 1. The normalized spacial score (nSPS) is 10.9. The fourth-order valence-electron chi connectivity index (χ4n) is 2.55. The fourth-order valence-corrected chi connectivity index (χ4v) is 3.54. The van der Waals surface area contributed by atoms with Gasteiger partial charge in [-0.1, -0.05) is 23.5 Å². The highest BCUT2D eigenvalue weighted by Crippen LogP contribution is 2.34. The first-order chi connectivity index (χ1) is 11.1. The Kier molecular flexibility index (Phi) is 3.87. The number of hydrogen-bond donors (Lipinski definition) is 1. The first-order valence-corrected chi connectivity index (χ1v) is 7.89. The summed E-state index contributed by atoms with van der Waals surface area (Å²) in [7, 11) is 0. The number of primary amides is 1. The van der Waals surface area contributed by atoms with Crippen molar-refractivity contribution in [2.75, 3.05) is 6.61 Å². The lowest BCUT2D eigenvalue weighted by Crippen LogP contribution is -2.11. The van der Waals surface area contributed by atoms with E-state index in [1.54, 1.807) is 11.3 Å². The molecule has 23 heavy (non-hydrogen) atoms. The van der Waals surface area contributed by atoms with Gasteiger partial charge < -0.3 is 10.5 Å². The molecule has 0 spiro atoms. The second-order valence-corrected chi connectivity index (χ2v) is 5.87. The minimum absolute atomic E-state index is 0.383.